The van der Waals surface area contributed by atoms with Crippen LogP contribution in [-0.4, -0.2) is 19.0 Å². The molecule has 1 amide bonds. The highest BCUT2D eigenvalue weighted by Crippen LogP contribution is 2.32. The van der Waals surface area contributed by atoms with Gasteiger partial charge in [0, 0.05) is 19.0 Å². The Morgan fingerprint density at radius 3 is 2.44 bits per heavy atom. The first kappa shape index (κ1) is 13.5. The molecular formula is C13H26N2O. The van der Waals surface area contributed by atoms with Gasteiger partial charge < -0.3 is 11.1 Å². The quantitative estimate of drug-likeness (QED) is 0.752. The summed E-state index contributed by atoms with van der Waals surface area (Å²) in [7, 11) is 0. The molecule has 1 fully saturated rings. The van der Waals surface area contributed by atoms with Crippen molar-refractivity contribution in [3.05, 3.63) is 0 Å². The molecule has 1 rings (SSSR count). The summed E-state index contributed by atoms with van der Waals surface area (Å²) in [6.45, 7) is 5.71. The molecule has 3 N–H and O–H groups in total. The standard InChI is InChI=1S/C13H26N2O/c1-10(2)9-11-3-5-12(6-4-11)13(16)15-8-7-14/h10-12H,3-9,14H2,1-2H3,(H,15,16). The highest BCUT2D eigenvalue weighted by molar-refractivity contribution is 5.78. The van der Waals surface area contributed by atoms with Crippen LogP contribution in [0.1, 0.15) is 46.0 Å². The first-order valence-electron chi connectivity index (χ1n) is 6.61. The van der Waals surface area contributed by atoms with E-state index in [0.29, 0.717) is 13.1 Å². The molecule has 0 bridgehead atoms. The van der Waals surface area contributed by atoms with Gasteiger partial charge in [-0.3, -0.25) is 4.79 Å². The number of rotatable bonds is 5. The molecule has 16 heavy (non-hydrogen) atoms. The Kier molecular flexibility index (Phi) is 5.81. The molecule has 0 aromatic rings. The maximum atomic E-state index is 11.7. The maximum Gasteiger partial charge on any atom is 0.223 e. The third kappa shape index (κ3) is 4.52. The van der Waals surface area contributed by atoms with E-state index in [1.54, 1.807) is 0 Å². The van der Waals surface area contributed by atoms with E-state index in [9.17, 15) is 4.79 Å². The Hall–Kier alpha value is -0.570. The minimum absolute atomic E-state index is 0.216. The maximum absolute atomic E-state index is 11.7. The first-order chi connectivity index (χ1) is 7.63. The average molecular weight is 226 g/mol. The van der Waals surface area contributed by atoms with Gasteiger partial charge >= 0.3 is 0 Å². The van der Waals surface area contributed by atoms with Crippen molar-refractivity contribution in [1.82, 2.24) is 5.32 Å². The molecule has 1 saturated carbocycles. The summed E-state index contributed by atoms with van der Waals surface area (Å²) in [4.78, 5) is 11.7. The summed E-state index contributed by atoms with van der Waals surface area (Å²) in [6.07, 6.45) is 5.89. The van der Waals surface area contributed by atoms with Crippen molar-refractivity contribution in [3.8, 4) is 0 Å². The molecule has 0 heterocycles. The number of carbonyl (C=O) groups excluding carboxylic acids is 1. The molecule has 0 aliphatic heterocycles. The summed E-state index contributed by atoms with van der Waals surface area (Å²) in [5.74, 6) is 2.09. The molecule has 0 radical (unpaired) electrons. The number of nitrogens with two attached hydrogens (primary N) is 1. The number of hydrogen-bond acceptors (Lipinski definition) is 2. The van der Waals surface area contributed by atoms with Gasteiger partial charge in [0.2, 0.25) is 5.91 Å². The van der Waals surface area contributed by atoms with Gasteiger partial charge in [-0.2, -0.15) is 0 Å². The van der Waals surface area contributed by atoms with Gasteiger partial charge in [0.15, 0.2) is 0 Å². The summed E-state index contributed by atoms with van der Waals surface area (Å²) in [5, 5.41) is 2.89. The van der Waals surface area contributed by atoms with E-state index in [2.05, 4.69) is 19.2 Å². The number of carbonyl (C=O) groups is 1. The topological polar surface area (TPSA) is 55.1 Å². The summed E-state index contributed by atoms with van der Waals surface area (Å²) < 4.78 is 0. The molecule has 1 aliphatic rings. The fourth-order valence-electron chi connectivity index (χ4n) is 2.67. The molecular weight excluding hydrogens is 200 g/mol. The van der Waals surface area contributed by atoms with E-state index in [1.807, 2.05) is 0 Å². The second kappa shape index (κ2) is 6.89. The second-order valence-corrected chi connectivity index (χ2v) is 5.43. The Labute approximate surface area is 99.2 Å². The van der Waals surface area contributed by atoms with Gasteiger partial charge in [-0.15, -0.1) is 0 Å². The van der Waals surface area contributed by atoms with Crippen LogP contribution < -0.4 is 11.1 Å². The molecule has 3 nitrogen and oxygen atoms in total. The van der Waals surface area contributed by atoms with Crippen molar-refractivity contribution in [2.45, 2.75) is 46.0 Å². The Morgan fingerprint density at radius 2 is 1.94 bits per heavy atom. The SMILES string of the molecule is CC(C)CC1CCC(C(=O)NCCN)CC1. The van der Waals surface area contributed by atoms with Gasteiger partial charge in [0.1, 0.15) is 0 Å². The highest BCUT2D eigenvalue weighted by Gasteiger charge is 2.26. The first-order valence-corrected chi connectivity index (χ1v) is 6.61. The molecule has 0 saturated heterocycles. The lowest BCUT2D eigenvalue weighted by molar-refractivity contribution is -0.126. The lowest BCUT2D eigenvalue weighted by atomic mass is 9.78. The monoisotopic (exact) mass is 226 g/mol. The van der Waals surface area contributed by atoms with Gasteiger partial charge in [-0.25, -0.2) is 0 Å². The molecule has 94 valence electrons. The smallest absolute Gasteiger partial charge is 0.223 e. The van der Waals surface area contributed by atoms with Gasteiger partial charge in [-0.1, -0.05) is 13.8 Å². The zero-order valence-corrected chi connectivity index (χ0v) is 10.7. The third-order valence-corrected chi connectivity index (χ3v) is 3.47. The number of amides is 1. The predicted octanol–water partition coefficient (Wildman–Crippen LogP) is 1.91. The molecule has 0 aromatic carbocycles. The zero-order valence-electron chi connectivity index (χ0n) is 10.7. The minimum Gasteiger partial charge on any atom is -0.355 e. The third-order valence-electron chi connectivity index (χ3n) is 3.47. The van der Waals surface area contributed by atoms with E-state index in [4.69, 9.17) is 5.73 Å². The van der Waals surface area contributed by atoms with Gasteiger partial charge in [-0.05, 0) is 43.9 Å². The normalized spacial score (nSPS) is 25.8. The Bertz CT molecular complexity index is 208. The molecule has 0 atom stereocenters. The number of hydrogen-bond donors (Lipinski definition) is 2. The number of nitrogens with one attached hydrogen (secondary N) is 1. The summed E-state index contributed by atoms with van der Waals surface area (Å²) >= 11 is 0. The van der Waals surface area contributed by atoms with E-state index >= 15 is 0 Å². The fraction of sp³-hybridized carbons (Fsp3) is 0.923. The molecule has 0 spiro atoms. The van der Waals surface area contributed by atoms with Crippen molar-refractivity contribution in [3.63, 3.8) is 0 Å². The average Bonchev–Trinajstić information content (AvgIpc) is 2.26. The molecule has 3 heteroatoms. The van der Waals surface area contributed by atoms with Crippen LogP contribution >= 0.6 is 0 Å². The van der Waals surface area contributed by atoms with Crippen LogP contribution in [0.25, 0.3) is 0 Å². The predicted molar refractivity (Wildman–Crippen MR) is 67.0 cm³/mol. The van der Waals surface area contributed by atoms with Crippen LogP contribution in [0.5, 0.6) is 0 Å². The van der Waals surface area contributed by atoms with Crippen LogP contribution in [0, 0.1) is 17.8 Å². The van der Waals surface area contributed by atoms with Crippen molar-refractivity contribution in [2.75, 3.05) is 13.1 Å². The van der Waals surface area contributed by atoms with Crippen molar-refractivity contribution in [2.24, 2.45) is 23.5 Å². The van der Waals surface area contributed by atoms with E-state index in [1.165, 1.54) is 19.3 Å². The van der Waals surface area contributed by atoms with Crippen LogP contribution in [0.4, 0.5) is 0 Å². The van der Waals surface area contributed by atoms with Crippen molar-refractivity contribution < 1.29 is 4.79 Å². The van der Waals surface area contributed by atoms with Crippen LogP contribution in [-0.2, 0) is 4.79 Å². The van der Waals surface area contributed by atoms with Crippen LogP contribution in [0.15, 0.2) is 0 Å². The minimum atomic E-state index is 0.216. The summed E-state index contributed by atoms with van der Waals surface area (Å²) in [6, 6.07) is 0. The Morgan fingerprint density at radius 1 is 1.31 bits per heavy atom. The second-order valence-electron chi connectivity index (χ2n) is 5.43. The van der Waals surface area contributed by atoms with E-state index < -0.39 is 0 Å². The van der Waals surface area contributed by atoms with E-state index in [0.717, 1.165) is 24.7 Å². The highest BCUT2D eigenvalue weighted by atomic mass is 16.1. The van der Waals surface area contributed by atoms with E-state index in [-0.39, 0.29) is 11.8 Å². The zero-order chi connectivity index (χ0) is 12.0. The largest absolute Gasteiger partial charge is 0.355 e. The van der Waals surface area contributed by atoms with Crippen LogP contribution in [0.2, 0.25) is 0 Å². The van der Waals surface area contributed by atoms with Gasteiger partial charge in [0.05, 0.1) is 0 Å². The Balaban J connectivity index is 2.23. The van der Waals surface area contributed by atoms with Gasteiger partial charge in [0.25, 0.3) is 0 Å². The summed E-state index contributed by atoms with van der Waals surface area (Å²) in [5.41, 5.74) is 5.37. The lowest BCUT2D eigenvalue weighted by Gasteiger charge is -2.28. The molecule has 1 aliphatic carbocycles. The lowest BCUT2D eigenvalue weighted by Crippen LogP contribution is -2.36. The fourth-order valence-corrected chi connectivity index (χ4v) is 2.67. The molecule has 0 unspecified atom stereocenters. The van der Waals surface area contributed by atoms with Crippen molar-refractivity contribution in [1.29, 1.82) is 0 Å². The van der Waals surface area contributed by atoms with Crippen molar-refractivity contribution >= 4 is 5.91 Å². The molecule has 0 aromatic heterocycles. The van der Waals surface area contributed by atoms with Crippen LogP contribution in [0.3, 0.4) is 0 Å².